The number of nitrogens with zero attached hydrogens (tertiary/aromatic N) is 1. The first-order chi connectivity index (χ1) is 8.04. The van der Waals surface area contributed by atoms with Crippen molar-refractivity contribution < 1.29 is 4.39 Å². The van der Waals surface area contributed by atoms with Crippen LogP contribution in [0.3, 0.4) is 0 Å². The van der Waals surface area contributed by atoms with E-state index in [0.717, 1.165) is 16.8 Å². The number of H-pyrrole nitrogens is 1. The third-order valence-electron chi connectivity index (χ3n) is 3.01. The summed E-state index contributed by atoms with van der Waals surface area (Å²) in [6.45, 7) is 4.65. The predicted molar refractivity (Wildman–Crippen MR) is 66.1 cm³/mol. The van der Waals surface area contributed by atoms with Crippen molar-refractivity contribution in [2.45, 2.75) is 19.3 Å². The number of hydrogen-bond donors (Lipinski definition) is 2. The van der Waals surface area contributed by atoms with Crippen LogP contribution in [-0.4, -0.2) is 16.7 Å². The topological polar surface area (TPSA) is 54.7 Å². The molecule has 0 radical (unpaired) electrons. The Morgan fingerprint density at radius 3 is 2.53 bits per heavy atom. The smallest absolute Gasteiger partial charge is 0.123 e. The highest BCUT2D eigenvalue weighted by Crippen LogP contribution is 2.30. The van der Waals surface area contributed by atoms with E-state index in [1.807, 2.05) is 0 Å². The average molecular weight is 233 g/mol. The van der Waals surface area contributed by atoms with Gasteiger partial charge in [0.2, 0.25) is 0 Å². The fourth-order valence-corrected chi connectivity index (χ4v) is 1.75. The quantitative estimate of drug-likeness (QED) is 0.855. The van der Waals surface area contributed by atoms with Crippen LogP contribution < -0.4 is 5.73 Å². The minimum Gasteiger partial charge on any atom is -0.330 e. The van der Waals surface area contributed by atoms with E-state index in [9.17, 15) is 4.39 Å². The van der Waals surface area contributed by atoms with Crippen molar-refractivity contribution in [2.75, 3.05) is 6.54 Å². The molecule has 17 heavy (non-hydrogen) atoms. The molecule has 0 unspecified atom stereocenters. The average Bonchev–Trinajstić information content (AvgIpc) is 2.80. The molecular formula is C13H16FN3. The van der Waals surface area contributed by atoms with Gasteiger partial charge in [0.15, 0.2) is 0 Å². The number of benzene rings is 1. The second-order valence-electron chi connectivity index (χ2n) is 4.75. The van der Waals surface area contributed by atoms with Gasteiger partial charge in [-0.15, -0.1) is 0 Å². The van der Waals surface area contributed by atoms with Gasteiger partial charge in [0.05, 0.1) is 11.9 Å². The number of aromatic amines is 1. The zero-order valence-corrected chi connectivity index (χ0v) is 10.00. The van der Waals surface area contributed by atoms with Gasteiger partial charge in [0.25, 0.3) is 0 Å². The molecule has 3 N–H and O–H groups in total. The normalized spacial score (nSPS) is 11.8. The van der Waals surface area contributed by atoms with E-state index in [1.54, 1.807) is 18.3 Å². The van der Waals surface area contributed by atoms with Gasteiger partial charge < -0.3 is 5.73 Å². The molecule has 1 aromatic heterocycles. The standard InChI is InChI=1S/C13H16FN3/c1-13(2,8-15)11-7-16-17-12(11)9-3-5-10(14)6-4-9/h3-7H,8,15H2,1-2H3,(H,16,17). The van der Waals surface area contributed by atoms with Gasteiger partial charge in [-0.05, 0) is 24.3 Å². The SMILES string of the molecule is CC(C)(CN)c1cn[nH]c1-c1ccc(F)cc1. The summed E-state index contributed by atoms with van der Waals surface area (Å²) in [5.41, 5.74) is 8.48. The summed E-state index contributed by atoms with van der Waals surface area (Å²) in [5.74, 6) is -0.243. The van der Waals surface area contributed by atoms with Gasteiger partial charge in [-0.2, -0.15) is 5.10 Å². The van der Waals surface area contributed by atoms with Gasteiger partial charge in [0, 0.05) is 23.1 Å². The van der Waals surface area contributed by atoms with E-state index in [-0.39, 0.29) is 11.2 Å². The van der Waals surface area contributed by atoms with E-state index in [2.05, 4.69) is 24.0 Å². The second-order valence-corrected chi connectivity index (χ2v) is 4.75. The Hall–Kier alpha value is -1.68. The zero-order valence-electron chi connectivity index (χ0n) is 10.00. The van der Waals surface area contributed by atoms with Crippen molar-refractivity contribution >= 4 is 0 Å². The minimum atomic E-state index is -0.243. The first kappa shape index (κ1) is 11.8. The summed E-state index contributed by atoms with van der Waals surface area (Å²) in [6.07, 6.45) is 1.78. The van der Waals surface area contributed by atoms with Crippen LogP contribution in [0.2, 0.25) is 0 Å². The van der Waals surface area contributed by atoms with E-state index in [1.165, 1.54) is 12.1 Å². The molecule has 0 aliphatic carbocycles. The molecule has 2 aromatic rings. The predicted octanol–water partition coefficient (Wildman–Crippen LogP) is 2.45. The highest BCUT2D eigenvalue weighted by molar-refractivity contribution is 5.64. The molecular weight excluding hydrogens is 217 g/mol. The maximum Gasteiger partial charge on any atom is 0.123 e. The molecule has 1 heterocycles. The minimum absolute atomic E-state index is 0.156. The van der Waals surface area contributed by atoms with Crippen molar-refractivity contribution in [3.8, 4) is 11.3 Å². The lowest BCUT2D eigenvalue weighted by molar-refractivity contribution is 0.541. The lowest BCUT2D eigenvalue weighted by Gasteiger charge is -2.22. The number of hydrogen-bond acceptors (Lipinski definition) is 2. The first-order valence-electron chi connectivity index (χ1n) is 5.54. The van der Waals surface area contributed by atoms with Crippen molar-refractivity contribution in [3.63, 3.8) is 0 Å². The molecule has 0 atom stereocenters. The molecule has 0 fully saturated rings. The fraction of sp³-hybridized carbons (Fsp3) is 0.308. The Morgan fingerprint density at radius 2 is 1.94 bits per heavy atom. The van der Waals surface area contributed by atoms with Crippen LogP contribution in [0.4, 0.5) is 4.39 Å². The van der Waals surface area contributed by atoms with Crippen LogP contribution >= 0.6 is 0 Å². The highest BCUT2D eigenvalue weighted by atomic mass is 19.1. The van der Waals surface area contributed by atoms with E-state index >= 15 is 0 Å². The van der Waals surface area contributed by atoms with Gasteiger partial charge in [-0.1, -0.05) is 13.8 Å². The number of halogens is 1. The Bertz CT molecular complexity index is 500. The maximum absolute atomic E-state index is 12.9. The lowest BCUT2D eigenvalue weighted by Crippen LogP contribution is -2.28. The molecule has 90 valence electrons. The molecule has 0 bridgehead atoms. The van der Waals surface area contributed by atoms with Crippen molar-refractivity contribution in [1.82, 2.24) is 10.2 Å². The first-order valence-corrected chi connectivity index (χ1v) is 5.54. The van der Waals surface area contributed by atoms with E-state index < -0.39 is 0 Å². The summed E-state index contributed by atoms with van der Waals surface area (Å²) in [7, 11) is 0. The summed E-state index contributed by atoms with van der Waals surface area (Å²) >= 11 is 0. The largest absolute Gasteiger partial charge is 0.330 e. The Balaban J connectivity index is 2.47. The summed E-state index contributed by atoms with van der Waals surface area (Å²) in [6, 6.07) is 6.35. The monoisotopic (exact) mass is 233 g/mol. The number of nitrogens with one attached hydrogen (secondary N) is 1. The molecule has 0 aliphatic heterocycles. The van der Waals surface area contributed by atoms with Gasteiger partial charge in [-0.3, -0.25) is 5.10 Å². The van der Waals surface area contributed by atoms with Gasteiger partial charge >= 0.3 is 0 Å². The summed E-state index contributed by atoms with van der Waals surface area (Å²) in [5, 5.41) is 7.01. The molecule has 4 heteroatoms. The maximum atomic E-state index is 12.9. The number of nitrogens with two attached hydrogens (primary N) is 1. The third kappa shape index (κ3) is 2.22. The van der Waals surface area contributed by atoms with Gasteiger partial charge in [-0.25, -0.2) is 4.39 Å². The van der Waals surface area contributed by atoms with E-state index in [4.69, 9.17) is 5.73 Å². The summed E-state index contributed by atoms with van der Waals surface area (Å²) in [4.78, 5) is 0. The molecule has 0 saturated carbocycles. The zero-order chi connectivity index (χ0) is 12.5. The Kier molecular flexibility index (Phi) is 2.98. The molecule has 0 aliphatic rings. The fourth-order valence-electron chi connectivity index (χ4n) is 1.75. The molecule has 0 saturated heterocycles. The molecule has 2 rings (SSSR count). The second kappa shape index (κ2) is 4.30. The molecule has 1 aromatic carbocycles. The van der Waals surface area contributed by atoms with Crippen LogP contribution in [0.1, 0.15) is 19.4 Å². The van der Waals surface area contributed by atoms with Crippen molar-refractivity contribution in [1.29, 1.82) is 0 Å². The highest BCUT2D eigenvalue weighted by Gasteiger charge is 2.24. The number of rotatable bonds is 3. The molecule has 3 nitrogen and oxygen atoms in total. The van der Waals surface area contributed by atoms with Crippen LogP contribution in [0.5, 0.6) is 0 Å². The van der Waals surface area contributed by atoms with Crippen LogP contribution in [-0.2, 0) is 5.41 Å². The van der Waals surface area contributed by atoms with Crippen molar-refractivity contribution in [3.05, 3.63) is 41.8 Å². The summed E-state index contributed by atoms with van der Waals surface area (Å²) < 4.78 is 12.9. The van der Waals surface area contributed by atoms with Crippen LogP contribution in [0.25, 0.3) is 11.3 Å². The van der Waals surface area contributed by atoms with Crippen molar-refractivity contribution in [2.24, 2.45) is 5.73 Å². The van der Waals surface area contributed by atoms with Gasteiger partial charge in [0.1, 0.15) is 5.82 Å². The molecule has 0 amide bonds. The molecule has 0 spiro atoms. The third-order valence-corrected chi connectivity index (χ3v) is 3.01. The van der Waals surface area contributed by atoms with Crippen LogP contribution in [0.15, 0.2) is 30.5 Å². The van der Waals surface area contributed by atoms with E-state index in [0.29, 0.717) is 6.54 Å². The lowest BCUT2D eigenvalue weighted by atomic mass is 9.84. The Morgan fingerprint density at radius 1 is 1.29 bits per heavy atom. The van der Waals surface area contributed by atoms with Crippen LogP contribution in [0, 0.1) is 5.82 Å². The Labute approximate surface area is 99.9 Å². The number of aromatic nitrogens is 2.